The van der Waals surface area contributed by atoms with Gasteiger partial charge in [0.2, 0.25) is 0 Å². The normalized spacial score (nSPS) is 10.9. The molecule has 0 aliphatic heterocycles. The van der Waals surface area contributed by atoms with E-state index in [1.807, 2.05) is 6.07 Å². The number of rotatable bonds is 5. The number of carbonyl (C=O) groups excluding carboxylic acids is 1. The summed E-state index contributed by atoms with van der Waals surface area (Å²) in [5.41, 5.74) is 0.179. The first-order valence-electron chi connectivity index (χ1n) is 10.3. The summed E-state index contributed by atoms with van der Waals surface area (Å²) in [5, 5.41) is 36.8. The molecule has 0 radical (unpaired) electrons. The van der Waals surface area contributed by atoms with Crippen molar-refractivity contribution in [1.29, 1.82) is 5.26 Å². The predicted molar refractivity (Wildman–Crippen MR) is 126 cm³/mol. The Morgan fingerprint density at radius 3 is 2.54 bits per heavy atom. The van der Waals surface area contributed by atoms with Gasteiger partial charge >= 0.3 is 0 Å². The number of amides is 1. The van der Waals surface area contributed by atoms with Crippen LogP contribution in [0, 0.1) is 11.3 Å². The second kappa shape index (κ2) is 9.16. The summed E-state index contributed by atoms with van der Waals surface area (Å²) >= 11 is 0. The fraction of sp³-hybridized carbons (Fsp3) is 0. The molecule has 2 aromatic carbocycles. The maximum atomic E-state index is 13.1. The third kappa shape index (κ3) is 4.14. The lowest BCUT2D eigenvalue weighted by Gasteiger charge is -2.11. The maximum Gasteiger partial charge on any atom is 0.261 e. The van der Waals surface area contributed by atoms with E-state index in [1.165, 1.54) is 23.3 Å². The highest BCUT2D eigenvalue weighted by Crippen LogP contribution is 2.38. The van der Waals surface area contributed by atoms with Crippen molar-refractivity contribution in [2.45, 2.75) is 0 Å². The van der Waals surface area contributed by atoms with Gasteiger partial charge in [0, 0.05) is 18.6 Å². The number of hydrogen-bond donors (Lipinski definition) is 2. The summed E-state index contributed by atoms with van der Waals surface area (Å²) in [6.45, 7) is 0. The lowest BCUT2D eigenvalue weighted by Crippen LogP contribution is -2.13. The smallest absolute Gasteiger partial charge is 0.261 e. The van der Waals surface area contributed by atoms with Gasteiger partial charge in [-0.2, -0.15) is 15.0 Å². The molecule has 5 aromatic rings. The molecule has 0 unspecified atom stereocenters. The predicted octanol–water partition coefficient (Wildman–Crippen LogP) is 4.46. The van der Waals surface area contributed by atoms with Crippen LogP contribution in [-0.2, 0) is 0 Å². The van der Waals surface area contributed by atoms with E-state index in [4.69, 9.17) is 0 Å². The molecular formula is C24H15N9O2. The third-order valence-corrected chi connectivity index (χ3v) is 4.99. The van der Waals surface area contributed by atoms with Crippen LogP contribution >= 0.6 is 0 Å². The molecule has 0 bridgehead atoms. The molecule has 5 rings (SSSR count). The minimum absolute atomic E-state index is 0.0168. The number of aromatic hydroxyl groups is 1. The zero-order valence-corrected chi connectivity index (χ0v) is 17.9. The van der Waals surface area contributed by atoms with Gasteiger partial charge in [-0.15, -0.1) is 10.2 Å². The summed E-state index contributed by atoms with van der Waals surface area (Å²) in [4.78, 5) is 25.4. The van der Waals surface area contributed by atoms with E-state index in [2.05, 4.69) is 35.6 Å². The Balaban J connectivity index is 1.60. The molecule has 3 aromatic heterocycles. The second-order valence-electron chi connectivity index (χ2n) is 7.16. The quantitative estimate of drug-likeness (QED) is 0.366. The molecular weight excluding hydrogens is 446 g/mol. The minimum Gasteiger partial charge on any atom is -0.505 e. The van der Waals surface area contributed by atoms with Crippen LogP contribution in [0.3, 0.4) is 0 Å². The number of nitrogens with zero attached hydrogens (tertiary/aromatic N) is 8. The Morgan fingerprint density at radius 2 is 1.77 bits per heavy atom. The zero-order chi connectivity index (χ0) is 24.2. The van der Waals surface area contributed by atoms with Crippen LogP contribution in [0.4, 0.5) is 17.3 Å². The van der Waals surface area contributed by atoms with Crippen LogP contribution in [0.25, 0.3) is 16.7 Å². The number of phenolic OH excluding ortho intramolecular Hbond substituents is 1. The van der Waals surface area contributed by atoms with Gasteiger partial charge in [-0.25, -0.2) is 15.0 Å². The fourth-order valence-corrected chi connectivity index (χ4v) is 3.41. The van der Waals surface area contributed by atoms with E-state index in [0.717, 1.165) is 0 Å². The first-order valence-corrected chi connectivity index (χ1v) is 10.3. The van der Waals surface area contributed by atoms with Gasteiger partial charge in [0.1, 0.15) is 23.1 Å². The largest absolute Gasteiger partial charge is 0.505 e. The van der Waals surface area contributed by atoms with Crippen molar-refractivity contribution in [2.75, 3.05) is 5.32 Å². The molecule has 35 heavy (non-hydrogen) atoms. The van der Waals surface area contributed by atoms with Gasteiger partial charge in [-0.05, 0) is 35.0 Å². The molecule has 0 saturated carbocycles. The van der Waals surface area contributed by atoms with Gasteiger partial charge in [0.05, 0.1) is 11.8 Å². The average molecular weight is 461 g/mol. The third-order valence-electron chi connectivity index (χ3n) is 4.99. The lowest BCUT2D eigenvalue weighted by molar-refractivity contribution is 0.102. The number of nitrogens with one attached hydrogen (secondary N) is 1. The fourth-order valence-electron chi connectivity index (χ4n) is 3.41. The molecule has 0 saturated heterocycles. The number of phenols is 1. The Hall–Kier alpha value is -5.50. The van der Waals surface area contributed by atoms with Gasteiger partial charge in [-0.3, -0.25) is 4.79 Å². The molecule has 11 heteroatoms. The van der Waals surface area contributed by atoms with Crippen molar-refractivity contribution < 1.29 is 9.90 Å². The highest BCUT2D eigenvalue weighted by molar-refractivity contribution is 6.16. The molecule has 3 heterocycles. The number of aromatic nitrogens is 5. The molecule has 1 amide bonds. The van der Waals surface area contributed by atoms with Crippen molar-refractivity contribution in [3.05, 3.63) is 90.5 Å². The highest BCUT2D eigenvalue weighted by Gasteiger charge is 2.20. The first kappa shape index (κ1) is 21.4. The second-order valence-corrected chi connectivity index (χ2v) is 7.16. The highest BCUT2D eigenvalue weighted by atomic mass is 16.3. The van der Waals surface area contributed by atoms with Crippen LogP contribution in [-0.4, -0.2) is 35.7 Å². The van der Waals surface area contributed by atoms with E-state index in [9.17, 15) is 15.2 Å². The number of azo groups is 1. The Bertz CT molecular complexity index is 1610. The van der Waals surface area contributed by atoms with E-state index >= 15 is 0 Å². The summed E-state index contributed by atoms with van der Waals surface area (Å²) in [6.07, 6.45) is 5.92. The van der Waals surface area contributed by atoms with Crippen LogP contribution in [0.5, 0.6) is 5.75 Å². The standard InChI is InChI=1S/C24H15N9O2/c25-13-16-14-29-33(24-27-10-5-11-28-24)22(16)32-31-18-12-15-6-1-2-7-17(15)20(21(18)34)23(35)30-19-8-3-4-9-26-19/h1-12,14,34H,(H,26,30,35)/b32-31+. The summed E-state index contributed by atoms with van der Waals surface area (Å²) in [5.74, 6) is -0.332. The van der Waals surface area contributed by atoms with Gasteiger partial charge in [-0.1, -0.05) is 30.3 Å². The summed E-state index contributed by atoms with van der Waals surface area (Å²) in [6, 6.07) is 17.4. The van der Waals surface area contributed by atoms with Crippen LogP contribution in [0.15, 0.2) is 89.6 Å². The van der Waals surface area contributed by atoms with Crippen molar-refractivity contribution >= 4 is 34.0 Å². The molecule has 0 aliphatic rings. The Morgan fingerprint density at radius 1 is 1.00 bits per heavy atom. The number of fused-ring (bicyclic) bond motifs is 1. The van der Waals surface area contributed by atoms with Crippen molar-refractivity contribution in [3.8, 4) is 17.8 Å². The first-order chi connectivity index (χ1) is 17.2. The van der Waals surface area contributed by atoms with Crippen LogP contribution < -0.4 is 5.32 Å². The SMILES string of the molecule is N#Cc1cnn(-c2ncccn2)c1/N=N/c1cc2ccccc2c(C(=O)Nc2ccccn2)c1O. The maximum absolute atomic E-state index is 13.1. The van der Waals surface area contributed by atoms with Crippen molar-refractivity contribution in [2.24, 2.45) is 10.2 Å². The molecule has 11 nitrogen and oxygen atoms in total. The molecule has 0 aliphatic carbocycles. The van der Waals surface area contributed by atoms with E-state index < -0.39 is 5.91 Å². The number of anilines is 1. The topological polar surface area (TPSA) is 154 Å². The Kier molecular flexibility index (Phi) is 5.59. The molecule has 2 N–H and O–H groups in total. The Labute approximate surface area is 198 Å². The van der Waals surface area contributed by atoms with Crippen LogP contribution in [0.1, 0.15) is 15.9 Å². The summed E-state index contributed by atoms with van der Waals surface area (Å²) < 4.78 is 1.26. The van der Waals surface area contributed by atoms with E-state index in [-0.39, 0.29) is 34.3 Å². The van der Waals surface area contributed by atoms with E-state index in [1.54, 1.807) is 60.8 Å². The molecule has 168 valence electrons. The monoisotopic (exact) mass is 461 g/mol. The minimum atomic E-state index is -0.560. The number of nitriles is 1. The number of carbonyl (C=O) groups is 1. The number of hydrogen-bond acceptors (Lipinski definition) is 9. The molecule has 0 atom stereocenters. The summed E-state index contributed by atoms with van der Waals surface area (Å²) in [7, 11) is 0. The van der Waals surface area contributed by atoms with Crippen molar-refractivity contribution in [3.63, 3.8) is 0 Å². The van der Waals surface area contributed by atoms with Crippen LogP contribution in [0.2, 0.25) is 0 Å². The van der Waals surface area contributed by atoms with E-state index in [0.29, 0.717) is 16.6 Å². The average Bonchev–Trinajstić information content (AvgIpc) is 3.31. The van der Waals surface area contributed by atoms with Gasteiger partial charge < -0.3 is 10.4 Å². The molecule has 0 fully saturated rings. The van der Waals surface area contributed by atoms with Gasteiger partial charge in [0.15, 0.2) is 11.6 Å². The van der Waals surface area contributed by atoms with Crippen molar-refractivity contribution in [1.82, 2.24) is 24.7 Å². The lowest BCUT2D eigenvalue weighted by atomic mass is 10.0. The number of benzene rings is 2. The van der Waals surface area contributed by atoms with Gasteiger partial charge in [0.25, 0.3) is 11.9 Å². The zero-order valence-electron chi connectivity index (χ0n) is 17.9. The molecule has 0 spiro atoms. The number of pyridine rings is 1.